The van der Waals surface area contributed by atoms with Crippen LogP contribution in [0.2, 0.25) is 0 Å². The predicted octanol–water partition coefficient (Wildman–Crippen LogP) is 2.88. The second-order valence-corrected chi connectivity index (χ2v) is 3.53. The standard InChI is InChI=1S/C11H10ClF3O3/c1-17-10(16)4-6-7(5-12)8(13)2-3-9(6)18-11(14)15/h2-3,11H,4-5H2,1H3. The van der Waals surface area contributed by atoms with E-state index in [0.717, 1.165) is 19.2 Å². The molecule has 0 saturated heterocycles. The van der Waals surface area contributed by atoms with E-state index in [0.29, 0.717) is 0 Å². The highest BCUT2D eigenvalue weighted by Crippen LogP contribution is 2.28. The topological polar surface area (TPSA) is 35.5 Å². The minimum atomic E-state index is -3.07. The zero-order valence-electron chi connectivity index (χ0n) is 9.38. The first-order valence-corrected chi connectivity index (χ1v) is 5.40. The van der Waals surface area contributed by atoms with Crippen molar-refractivity contribution < 1.29 is 27.4 Å². The first-order valence-electron chi connectivity index (χ1n) is 4.87. The van der Waals surface area contributed by atoms with Crippen LogP contribution in [0.5, 0.6) is 5.75 Å². The number of carbonyl (C=O) groups excluding carboxylic acids is 1. The highest BCUT2D eigenvalue weighted by atomic mass is 35.5. The quantitative estimate of drug-likeness (QED) is 0.615. The number of ether oxygens (including phenoxy) is 2. The van der Waals surface area contributed by atoms with Crippen LogP contribution in [0.25, 0.3) is 0 Å². The molecule has 0 radical (unpaired) electrons. The number of esters is 1. The van der Waals surface area contributed by atoms with Crippen molar-refractivity contribution in [1.82, 2.24) is 0 Å². The van der Waals surface area contributed by atoms with Gasteiger partial charge in [0, 0.05) is 11.1 Å². The largest absolute Gasteiger partial charge is 0.469 e. The number of alkyl halides is 3. The molecule has 0 heterocycles. The van der Waals surface area contributed by atoms with Gasteiger partial charge in [-0.3, -0.25) is 4.79 Å². The summed E-state index contributed by atoms with van der Waals surface area (Å²) < 4.78 is 46.5. The van der Waals surface area contributed by atoms with Crippen LogP contribution in [0.1, 0.15) is 11.1 Å². The smallest absolute Gasteiger partial charge is 0.387 e. The molecule has 3 nitrogen and oxygen atoms in total. The molecule has 7 heteroatoms. The van der Waals surface area contributed by atoms with E-state index in [9.17, 15) is 18.0 Å². The molecule has 1 rings (SSSR count). The van der Waals surface area contributed by atoms with E-state index >= 15 is 0 Å². The first-order chi connectivity index (χ1) is 8.49. The third-order valence-corrected chi connectivity index (χ3v) is 2.50. The lowest BCUT2D eigenvalue weighted by atomic mass is 10.0. The van der Waals surface area contributed by atoms with Gasteiger partial charge in [0.1, 0.15) is 11.6 Å². The molecular formula is C11H10ClF3O3. The first kappa shape index (κ1) is 14.6. The fraction of sp³-hybridized carbons (Fsp3) is 0.364. The van der Waals surface area contributed by atoms with Crippen LogP contribution in [0.4, 0.5) is 13.2 Å². The molecule has 18 heavy (non-hydrogen) atoms. The van der Waals surface area contributed by atoms with E-state index in [4.69, 9.17) is 11.6 Å². The minimum Gasteiger partial charge on any atom is -0.469 e. The van der Waals surface area contributed by atoms with Crippen LogP contribution in [-0.2, 0) is 21.8 Å². The van der Waals surface area contributed by atoms with Gasteiger partial charge in [-0.2, -0.15) is 8.78 Å². The number of benzene rings is 1. The van der Waals surface area contributed by atoms with Crippen molar-refractivity contribution in [1.29, 1.82) is 0 Å². The van der Waals surface area contributed by atoms with Crippen molar-refractivity contribution in [2.75, 3.05) is 7.11 Å². The molecule has 0 aromatic heterocycles. The second-order valence-electron chi connectivity index (χ2n) is 3.27. The van der Waals surface area contributed by atoms with Crippen LogP contribution in [0.3, 0.4) is 0 Å². The van der Waals surface area contributed by atoms with Gasteiger partial charge in [0.15, 0.2) is 0 Å². The van der Waals surface area contributed by atoms with Gasteiger partial charge in [-0.05, 0) is 12.1 Å². The fourth-order valence-corrected chi connectivity index (χ4v) is 1.69. The van der Waals surface area contributed by atoms with Gasteiger partial charge in [-0.15, -0.1) is 11.6 Å². The van der Waals surface area contributed by atoms with Crippen LogP contribution >= 0.6 is 11.6 Å². The molecule has 0 spiro atoms. The molecule has 0 amide bonds. The molecule has 0 saturated carbocycles. The molecule has 1 aromatic rings. The highest BCUT2D eigenvalue weighted by Gasteiger charge is 2.19. The maximum absolute atomic E-state index is 13.4. The fourth-order valence-electron chi connectivity index (χ4n) is 1.40. The summed E-state index contributed by atoms with van der Waals surface area (Å²) in [7, 11) is 1.13. The number of hydrogen-bond acceptors (Lipinski definition) is 3. The molecule has 0 bridgehead atoms. The van der Waals surface area contributed by atoms with Gasteiger partial charge in [-0.25, -0.2) is 4.39 Å². The van der Waals surface area contributed by atoms with Crippen molar-refractivity contribution in [2.24, 2.45) is 0 Å². The Labute approximate surface area is 106 Å². The van der Waals surface area contributed by atoms with Crippen molar-refractivity contribution in [3.05, 3.63) is 29.1 Å². The lowest BCUT2D eigenvalue weighted by Crippen LogP contribution is -2.12. The number of hydrogen-bond donors (Lipinski definition) is 0. The lowest BCUT2D eigenvalue weighted by Gasteiger charge is -2.14. The van der Waals surface area contributed by atoms with E-state index < -0.39 is 24.8 Å². The van der Waals surface area contributed by atoms with E-state index in [1.165, 1.54) is 0 Å². The average Bonchev–Trinajstić information content (AvgIpc) is 2.32. The van der Waals surface area contributed by atoms with Gasteiger partial charge in [-0.1, -0.05) is 0 Å². The third-order valence-electron chi connectivity index (χ3n) is 2.23. The summed E-state index contributed by atoms with van der Waals surface area (Å²) >= 11 is 5.54. The van der Waals surface area contributed by atoms with Crippen molar-refractivity contribution in [3.63, 3.8) is 0 Å². The molecule has 0 fully saturated rings. The van der Waals surface area contributed by atoms with Crippen LogP contribution in [0, 0.1) is 5.82 Å². The van der Waals surface area contributed by atoms with Crippen molar-refractivity contribution in [2.45, 2.75) is 18.9 Å². The molecular weight excluding hydrogens is 273 g/mol. The molecule has 0 aliphatic rings. The predicted molar refractivity (Wildman–Crippen MR) is 58.3 cm³/mol. The van der Waals surface area contributed by atoms with Crippen LogP contribution in [-0.4, -0.2) is 19.7 Å². The Balaban J connectivity index is 3.20. The van der Waals surface area contributed by atoms with Gasteiger partial charge in [0.2, 0.25) is 0 Å². The van der Waals surface area contributed by atoms with E-state index in [1.54, 1.807) is 0 Å². The summed E-state index contributed by atoms with van der Waals surface area (Å²) in [4.78, 5) is 11.2. The average molecular weight is 283 g/mol. The number of methoxy groups -OCH3 is 1. The monoisotopic (exact) mass is 282 g/mol. The Hall–Kier alpha value is -1.43. The van der Waals surface area contributed by atoms with Gasteiger partial charge in [0.05, 0.1) is 19.4 Å². The number of rotatable bonds is 5. The number of halogens is 4. The van der Waals surface area contributed by atoms with Gasteiger partial charge in [0.25, 0.3) is 0 Å². The molecule has 0 unspecified atom stereocenters. The third kappa shape index (κ3) is 3.53. The summed E-state index contributed by atoms with van der Waals surface area (Å²) in [6.45, 7) is -3.07. The van der Waals surface area contributed by atoms with Crippen LogP contribution < -0.4 is 4.74 Å². The Bertz CT molecular complexity index is 438. The summed E-state index contributed by atoms with van der Waals surface area (Å²) in [5.41, 5.74) is -0.0858. The van der Waals surface area contributed by atoms with Crippen molar-refractivity contribution >= 4 is 17.6 Å². The lowest BCUT2D eigenvalue weighted by molar-refractivity contribution is -0.139. The Morgan fingerprint density at radius 2 is 2.06 bits per heavy atom. The molecule has 0 N–H and O–H groups in total. The molecule has 1 aromatic carbocycles. The van der Waals surface area contributed by atoms with Gasteiger partial charge < -0.3 is 9.47 Å². The molecule has 0 aliphatic heterocycles. The van der Waals surface area contributed by atoms with Crippen molar-refractivity contribution in [3.8, 4) is 5.75 Å². The minimum absolute atomic E-state index is 0.0304. The number of carbonyl (C=O) groups is 1. The molecule has 100 valence electrons. The summed E-state index contributed by atoms with van der Waals surface area (Å²) in [6.07, 6.45) is -0.391. The normalized spacial score (nSPS) is 10.6. The Morgan fingerprint density at radius 1 is 1.39 bits per heavy atom. The maximum Gasteiger partial charge on any atom is 0.387 e. The highest BCUT2D eigenvalue weighted by molar-refractivity contribution is 6.17. The van der Waals surface area contributed by atoms with E-state index in [-0.39, 0.29) is 22.8 Å². The summed E-state index contributed by atoms with van der Waals surface area (Å²) in [5, 5.41) is 0. The van der Waals surface area contributed by atoms with E-state index in [2.05, 4.69) is 9.47 Å². The SMILES string of the molecule is COC(=O)Cc1c(OC(F)F)ccc(F)c1CCl. The zero-order chi connectivity index (χ0) is 13.7. The summed E-state index contributed by atoms with van der Waals surface area (Å²) in [5.74, 6) is -1.94. The van der Waals surface area contributed by atoms with Crippen LogP contribution in [0.15, 0.2) is 12.1 Å². The zero-order valence-corrected chi connectivity index (χ0v) is 10.1. The molecule has 0 aliphatic carbocycles. The maximum atomic E-state index is 13.4. The van der Waals surface area contributed by atoms with Gasteiger partial charge >= 0.3 is 12.6 Å². The Kier molecular flexibility index (Phi) is 5.27. The second kappa shape index (κ2) is 6.49. The summed E-state index contributed by atoms with van der Waals surface area (Å²) in [6, 6.07) is 1.98. The van der Waals surface area contributed by atoms with E-state index in [1.807, 2.05) is 0 Å². The Morgan fingerprint density at radius 3 is 2.56 bits per heavy atom. The molecule has 0 atom stereocenters.